The van der Waals surface area contributed by atoms with Gasteiger partial charge in [0, 0.05) is 18.1 Å². The number of hydrogen-bond acceptors (Lipinski definition) is 4. The molecule has 0 heterocycles. The van der Waals surface area contributed by atoms with Gasteiger partial charge in [-0.15, -0.1) is 0 Å². The summed E-state index contributed by atoms with van der Waals surface area (Å²) < 4.78 is 10.9. The smallest absolute Gasteiger partial charge is 0.265 e. The number of nitriles is 1. The molecule has 21 heavy (non-hydrogen) atoms. The van der Waals surface area contributed by atoms with Crippen LogP contribution in [-0.2, 0) is 14.3 Å². The van der Waals surface area contributed by atoms with E-state index in [1.54, 1.807) is 0 Å². The molecule has 0 aromatic rings. The number of carbonyl (C=O) groups is 1. The molecular formula is C16H24N2O3. The quantitative estimate of drug-likeness (QED) is 0.463. The average Bonchev–Trinajstić information content (AvgIpc) is 2.99. The van der Waals surface area contributed by atoms with Crippen LogP contribution in [0.1, 0.15) is 46.0 Å². The predicted octanol–water partition coefficient (Wildman–Crippen LogP) is 2.28. The van der Waals surface area contributed by atoms with Gasteiger partial charge >= 0.3 is 0 Å². The maximum Gasteiger partial charge on any atom is 0.265 e. The summed E-state index contributed by atoms with van der Waals surface area (Å²) in [6.07, 6.45) is 6.91. The van der Waals surface area contributed by atoms with E-state index in [2.05, 4.69) is 5.32 Å². The molecule has 1 N–H and O–H groups in total. The molecule has 0 bridgehead atoms. The number of nitrogens with one attached hydrogen (secondary N) is 1. The van der Waals surface area contributed by atoms with Crippen LogP contribution in [0.3, 0.4) is 0 Å². The number of ether oxygens (including phenoxy) is 2. The van der Waals surface area contributed by atoms with Crippen molar-refractivity contribution in [3.63, 3.8) is 0 Å². The van der Waals surface area contributed by atoms with E-state index in [-0.39, 0.29) is 29.0 Å². The van der Waals surface area contributed by atoms with Crippen LogP contribution in [0.5, 0.6) is 0 Å². The van der Waals surface area contributed by atoms with Crippen LogP contribution in [0.4, 0.5) is 0 Å². The average molecular weight is 292 g/mol. The zero-order valence-electron chi connectivity index (χ0n) is 12.9. The van der Waals surface area contributed by atoms with Crippen LogP contribution in [-0.4, -0.2) is 31.3 Å². The lowest BCUT2D eigenvalue weighted by Gasteiger charge is -2.54. The van der Waals surface area contributed by atoms with Gasteiger partial charge in [0.2, 0.25) is 0 Å². The zero-order valence-corrected chi connectivity index (χ0v) is 12.9. The highest BCUT2D eigenvalue weighted by molar-refractivity contribution is 5.97. The Balaban J connectivity index is 2.00. The summed E-state index contributed by atoms with van der Waals surface area (Å²) in [5.41, 5.74) is 0.113. The fraction of sp³-hybridized carbons (Fsp3) is 0.750. The lowest BCUT2D eigenvalue weighted by molar-refractivity contribution is -0.141. The molecule has 0 saturated heterocycles. The molecule has 2 aliphatic rings. The largest absolute Gasteiger partial charge is 0.500 e. The van der Waals surface area contributed by atoms with Crippen LogP contribution >= 0.6 is 0 Å². The summed E-state index contributed by atoms with van der Waals surface area (Å²) >= 11 is 0. The van der Waals surface area contributed by atoms with Crippen LogP contribution in [0.2, 0.25) is 0 Å². The summed E-state index contributed by atoms with van der Waals surface area (Å²) in [6, 6.07) is 2.01. The van der Waals surface area contributed by atoms with E-state index in [4.69, 9.17) is 14.7 Å². The monoisotopic (exact) mass is 292 g/mol. The number of hydrogen-bond donors (Lipinski definition) is 1. The summed E-state index contributed by atoms with van der Waals surface area (Å²) in [4.78, 5) is 12.2. The standard InChI is InChI=1S/C16H24N2O3/c1-3-20-11-12(10-17)15(19)18-13-9-14(21-4-2)16(13)7-5-6-8-16/h11,13-14H,3-9H2,1-2H3,(H,18,19). The van der Waals surface area contributed by atoms with Gasteiger partial charge in [-0.1, -0.05) is 12.8 Å². The van der Waals surface area contributed by atoms with Crippen molar-refractivity contribution in [2.45, 2.75) is 58.1 Å². The predicted molar refractivity (Wildman–Crippen MR) is 78.2 cm³/mol. The van der Waals surface area contributed by atoms with Gasteiger partial charge in [0.05, 0.1) is 12.7 Å². The molecule has 5 nitrogen and oxygen atoms in total. The third-order valence-corrected chi connectivity index (χ3v) is 4.73. The van der Waals surface area contributed by atoms with Gasteiger partial charge in [0.1, 0.15) is 12.3 Å². The number of nitrogens with zero attached hydrogens (tertiary/aromatic N) is 1. The van der Waals surface area contributed by atoms with Gasteiger partial charge in [-0.05, 0) is 33.1 Å². The van der Waals surface area contributed by atoms with Crippen molar-refractivity contribution >= 4 is 5.91 Å². The maximum absolute atomic E-state index is 12.2. The van der Waals surface area contributed by atoms with Gasteiger partial charge in [0.15, 0.2) is 5.57 Å². The first-order chi connectivity index (χ1) is 10.2. The van der Waals surface area contributed by atoms with Crippen molar-refractivity contribution in [3.05, 3.63) is 11.8 Å². The molecule has 2 saturated carbocycles. The second kappa shape index (κ2) is 6.95. The minimum Gasteiger partial charge on any atom is -0.500 e. The van der Waals surface area contributed by atoms with Crippen LogP contribution in [0, 0.1) is 16.7 Å². The van der Waals surface area contributed by atoms with Crippen molar-refractivity contribution in [2.75, 3.05) is 13.2 Å². The molecule has 0 aromatic carbocycles. The molecule has 1 spiro atoms. The van der Waals surface area contributed by atoms with Crippen molar-refractivity contribution in [1.82, 2.24) is 5.32 Å². The summed E-state index contributed by atoms with van der Waals surface area (Å²) in [5, 5.41) is 12.0. The minimum atomic E-state index is -0.336. The second-order valence-electron chi connectivity index (χ2n) is 5.74. The highest BCUT2D eigenvalue weighted by atomic mass is 16.5. The Morgan fingerprint density at radius 3 is 2.67 bits per heavy atom. The Labute approximate surface area is 126 Å². The molecule has 1 amide bonds. The van der Waals surface area contributed by atoms with E-state index < -0.39 is 0 Å². The molecule has 0 radical (unpaired) electrons. The number of carbonyl (C=O) groups excluding carboxylic acids is 1. The molecule has 2 fully saturated rings. The van der Waals surface area contributed by atoms with E-state index in [1.165, 1.54) is 19.1 Å². The van der Waals surface area contributed by atoms with Gasteiger partial charge in [-0.25, -0.2) is 0 Å². The van der Waals surface area contributed by atoms with E-state index in [0.717, 1.165) is 19.3 Å². The van der Waals surface area contributed by atoms with Crippen LogP contribution in [0.25, 0.3) is 0 Å². The molecule has 2 rings (SSSR count). The van der Waals surface area contributed by atoms with Gasteiger partial charge < -0.3 is 14.8 Å². The summed E-state index contributed by atoms with van der Waals surface area (Å²) in [7, 11) is 0. The molecule has 0 aliphatic heterocycles. The van der Waals surface area contributed by atoms with Gasteiger partial charge in [-0.3, -0.25) is 4.79 Å². The number of rotatable bonds is 6. The fourth-order valence-corrected chi connectivity index (χ4v) is 3.62. The molecule has 2 aliphatic carbocycles. The van der Waals surface area contributed by atoms with E-state index in [9.17, 15) is 4.79 Å². The Morgan fingerprint density at radius 2 is 2.10 bits per heavy atom. The third kappa shape index (κ3) is 3.06. The lowest BCUT2D eigenvalue weighted by atomic mass is 9.60. The lowest BCUT2D eigenvalue weighted by Crippen LogP contribution is -2.63. The van der Waals surface area contributed by atoms with Gasteiger partial charge in [0.25, 0.3) is 5.91 Å². The van der Waals surface area contributed by atoms with Crippen molar-refractivity contribution < 1.29 is 14.3 Å². The van der Waals surface area contributed by atoms with Crippen LogP contribution in [0.15, 0.2) is 11.8 Å². The molecule has 0 aromatic heterocycles. The van der Waals surface area contributed by atoms with Gasteiger partial charge in [-0.2, -0.15) is 5.26 Å². The molecular weight excluding hydrogens is 268 g/mol. The zero-order chi connectivity index (χ0) is 15.3. The Hall–Kier alpha value is -1.54. The molecule has 2 atom stereocenters. The van der Waals surface area contributed by atoms with Crippen molar-refractivity contribution in [2.24, 2.45) is 5.41 Å². The second-order valence-corrected chi connectivity index (χ2v) is 5.74. The SMILES string of the molecule is CCOC=C(C#N)C(=O)NC1CC(OCC)C12CCCC2. The molecule has 5 heteroatoms. The molecule has 116 valence electrons. The first-order valence-electron chi connectivity index (χ1n) is 7.82. The fourth-order valence-electron chi connectivity index (χ4n) is 3.62. The Morgan fingerprint density at radius 1 is 1.38 bits per heavy atom. The summed E-state index contributed by atoms with van der Waals surface area (Å²) in [6.45, 7) is 4.97. The Kier molecular flexibility index (Phi) is 5.24. The van der Waals surface area contributed by atoms with E-state index >= 15 is 0 Å². The van der Waals surface area contributed by atoms with Crippen molar-refractivity contribution in [1.29, 1.82) is 5.26 Å². The first kappa shape index (κ1) is 15.8. The minimum absolute atomic E-state index is 0.0323. The summed E-state index contributed by atoms with van der Waals surface area (Å²) in [5.74, 6) is -0.336. The highest BCUT2D eigenvalue weighted by Gasteiger charge is 2.57. The normalized spacial score (nSPS) is 27.0. The van der Waals surface area contributed by atoms with E-state index in [1.807, 2.05) is 19.9 Å². The third-order valence-electron chi connectivity index (χ3n) is 4.73. The first-order valence-corrected chi connectivity index (χ1v) is 7.82. The Bertz CT molecular complexity index is 447. The molecule has 2 unspecified atom stereocenters. The van der Waals surface area contributed by atoms with E-state index in [0.29, 0.717) is 13.2 Å². The number of amides is 1. The van der Waals surface area contributed by atoms with Crippen molar-refractivity contribution in [3.8, 4) is 6.07 Å². The highest BCUT2D eigenvalue weighted by Crippen LogP contribution is 2.54. The maximum atomic E-state index is 12.2. The topological polar surface area (TPSA) is 71.3 Å². The van der Waals surface area contributed by atoms with Crippen LogP contribution < -0.4 is 5.32 Å².